The Morgan fingerprint density at radius 2 is 1.26 bits per heavy atom. The largest absolute Gasteiger partial charge is 0.489 e. The van der Waals surface area contributed by atoms with Gasteiger partial charge in [0.15, 0.2) is 0 Å². The number of aryl methyl sites for hydroxylation is 3. The molecule has 0 aliphatic carbocycles. The first kappa shape index (κ1) is 30.4. The Morgan fingerprint density at radius 1 is 0.692 bits per heavy atom. The maximum atomic E-state index is 10.8. The van der Waals surface area contributed by atoms with Gasteiger partial charge in [0, 0.05) is 0 Å². The van der Waals surface area contributed by atoms with Crippen molar-refractivity contribution in [3.63, 3.8) is 0 Å². The molecule has 0 aliphatic rings. The second-order valence-electron chi connectivity index (χ2n) is 12.4. The standard InChI is InChI=1S/C33H38O2.C4H10/c1-7-33(5,6)32(34)30-14-13-28-19-27(10-12-29(28)20-30)21-35-31-15-11-26(17-24(31)4)18-25-9-8-22(2)23(3)16-25;1-4(2)3/h8-17,19-20,32,34H,7,18,21H2,1-6H3;4H,1-3H3. The third-order valence-electron chi connectivity index (χ3n) is 7.51. The van der Waals surface area contributed by atoms with E-state index >= 15 is 0 Å². The van der Waals surface area contributed by atoms with Crippen LogP contribution < -0.4 is 4.74 Å². The zero-order chi connectivity index (χ0) is 28.7. The number of aliphatic hydroxyl groups excluding tert-OH is 1. The van der Waals surface area contributed by atoms with Crippen LogP contribution in [-0.4, -0.2) is 5.11 Å². The molecule has 0 saturated heterocycles. The number of ether oxygens (including phenoxy) is 1. The third-order valence-corrected chi connectivity index (χ3v) is 7.51. The Kier molecular flexibility index (Phi) is 10.4. The Labute approximate surface area is 237 Å². The van der Waals surface area contributed by atoms with E-state index in [1.165, 1.54) is 22.3 Å². The fourth-order valence-electron chi connectivity index (χ4n) is 4.51. The highest BCUT2D eigenvalue weighted by Gasteiger charge is 2.27. The molecule has 0 saturated carbocycles. The van der Waals surface area contributed by atoms with Crippen LogP contribution in [0.4, 0.5) is 0 Å². The monoisotopic (exact) mass is 524 g/mol. The van der Waals surface area contributed by atoms with E-state index in [4.69, 9.17) is 4.74 Å². The minimum absolute atomic E-state index is 0.145. The molecule has 1 N–H and O–H groups in total. The van der Waals surface area contributed by atoms with E-state index in [-0.39, 0.29) is 5.41 Å². The first-order valence-electron chi connectivity index (χ1n) is 14.4. The van der Waals surface area contributed by atoms with Crippen LogP contribution in [0.5, 0.6) is 5.75 Å². The zero-order valence-electron chi connectivity index (χ0n) is 25.6. The quantitative estimate of drug-likeness (QED) is 0.248. The number of aliphatic hydroxyl groups is 1. The van der Waals surface area contributed by atoms with Crippen LogP contribution in [0.3, 0.4) is 0 Å². The van der Waals surface area contributed by atoms with Gasteiger partial charge in [0.1, 0.15) is 12.4 Å². The number of hydrogen-bond acceptors (Lipinski definition) is 2. The zero-order valence-corrected chi connectivity index (χ0v) is 25.6. The average molecular weight is 525 g/mol. The molecule has 4 aromatic rings. The molecule has 0 fully saturated rings. The number of benzene rings is 4. The Balaban J connectivity index is 0.000000983. The van der Waals surface area contributed by atoms with Gasteiger partial charge in [-0.25, -0.2) is 0 Å². The van der Waals surface area contributed by atoms with Crippen LogP contribution >= 0.6 is 0 Å². The average Bonchev–Trinajstić information content (AvgIpc) is 2.89. The lowest BCUT2D eigenvalue weighted by atomic mass is 9.80. The highest BCUT2D eigenvalue weighted by molar-refractivity contribution is 5.84. The molecular weight excluding hydrogens is 476 g/mol. The van der Waals surface area contributed by atoms with E-state index in [9.17, 15) is 5.11 Å². The van der Waals surface area contributed by atoms with Crippen LogP contribution in [0.25, 0.3) is 10.8 Å². The van der Waals surface area contributed by atoms with Crippen molar-refractivity contribution in [1.82, 2.24) is 0 Å². The van der Waals surface area contributed by atoms with Crippen molar-refractivity contribution in [2.45, 2.75) is 87.9 Å². The van der Waals surface area contributed by atoms with Gasteiger partial charge in [0.25, 0.3) is 0 Å². The van der Waals surface area contributed by atoms with E-state index in [1.807, 2.05) is 6.07 Å². The van der Waals surface area contributed by atoms with Gasteiger partial charge in [-0.05, 0) is 113 Å². The molecule has 208 valence electrons. The molecule has 4 rings (SSSR count). The van der Waals surface area contributed by atoms with Crippen LogP contribution in [0.1, 0.15) is 93.0 Å². The van der Waals surface area contributed by atoms with Crippen molar-refractivity contribution in [1.29, 1.82) is 0 Å². The van der Waals surface area contributed by atoms with E-state index in [1.54, 1.807) is 0 Å². The molecular formula is C37H48O2. The minimum atomic E-state index is -0.471. The molecule has 4 aromatic carbocycles. The second-order valence-corrected chi connectivity index (χ2v) is 12.4. The van der Waals surface area contributed by atoms with Gasteiger partial charge in [0.05, 0.1) is 6.10 Å². The SMILES string of the molecule is CC(C)C.CCC(C)(C)C(O)c1ccc2cc(COc3ccc(Cc4ccc(C)c(C)c4)cc3C)ccc2c1. The molecule has 2 heteroatoms. The molecule has 0 spiro atoms. The summed E-state index contributed by atoms with van der Waals surface area (Å²) in [5, 5.41) is 13.1. The lowest BCUT2D eigenvalue weighted by molar-refractivity contribution is 0.0467. The summed E-state index contributed by atoms with van der Waals surface area (Å²) in [6, 6.07) is 25.9. The summed E-state index contributed by atoms with van der Waals surface area (Å²) in [6.45, 7) is 19.8. The Hall–Kier alpha value is -3.10. The van der Waals surface area contributed by atoms with Crippen LogP contribution in [0.2, 0.25) is 0 Å². The smallest absolute Gasteiger partial charge is 0.122 e. The van der Waals surface area contributed by atoms with E-state index < -0.39 is 6.10 Å². The van der Waals surface area contributed by atoms with Crippen LogP contribution in [0.15, 0.2) is 72.8 Å². The van der Waals surface area contributed by atoms with Gasteiger partial charge in [-0.15, -0.1) is 0 Å². The highest BCUT2D eigenvalue weighted by Crippen LogP contribution is 2.37. The molecule has 0 radical (unpaired) electrons. The van der Waals surface area contributed by atoms with Gasteiger partial charge in [-0.1, -0.05) is 96.1 Å². The van der Waals surface area contributed by atoms with Crippen molar-refractivity contribution < 1.29 is 9.84 Å². The number of rotatable bonds is 8. The molecule has 0 amide bonds. The van der Waals surface area contributed by atoms with Gasteiger partial charge in [-0.2, -0.15) is 0 Å². The summed E-state index contributed by atoms with van der Waals surface area (Å²) in [5.41, 5.74) is 8.44. The molecule has 0 aliphatic heterocycles. The lowest BCUT2D eigenvalue weighted by Gasteiger charge is -2.29. The normalized spacial score (nSPS) is 12.3. The molecule has 0 aromatic heterocycles. The third kappa shape index (κ3) is 8.44. The fourth-order valence-corrected chi connectivity index (χ4v) is 4.51. The molecule has 1 unspecified atom stereocenters. The summed E-state index contributed by atoms with van der Waals surface area (Å²) in [5.74, 6) is 1.76. The van der Waals surface area contributed by atoms with Gasteiger partial charge in [-0.3, -0.25) is 0 Å². The predicted octanol–water partition coefficient (Wildman–Crippen LogP) is 10.1. The first-order valence-corrected chi connectivity index (χ1v) is 14.4. The summed E-state index contributed by atoms with van der Waals surface area (Å²) in [4.78, 5) is 0. The number of hydrogen-bond donors (Lipinski definition) is 1. The van der Waals surface area contributed by atoms with E-state index in [0.717, 1.165) is 52.0 Å². The lowest BCUT2D eigenvalue weighted by Crippen LogP contribution is -2.20. The predicted molar refractivity (Wildman–Crippen MR) is 168 cm³/mol. The maximum Gasteiger partial charge on any atom is 0.122 e. The van der Waals surface area contributed by atoms with Crippen molar-refractivity contribution in [2.24, 2.45) is 11.3 Å². The minimum Gasteiger partial charge on any atom is -0.489 e. The molecule has 1 atom stereocenters. The van der Waals surface area contributed by atoms with Gasteiger partial charge < -0.3 is 9.84 Å². The van der Waals surface area contributed by atoms with Gasteiger partial charge >= 0.3 is 0 Å². The molecule has 0 bridgehead atoms. The van der Waals surface area contributed by atoms with E-state index in [2.05, 4.69) is 129 Å². The summed E-state index contributed by atoms with van der Waals surface area (Å²) < 4.78 is 6.19. The molecule has 2 nitrogen and oxygen atoms in total. The van der Waals surface area contributed by atoms with E-state index in [0.29, 0.717) is 6.61 Å². The first-order chi connectivity index (χ1) is 18.4. The van der Waals surface area contributed by atoms with Crippen molar-refractivity contribution >= 4 is 10.8 Å². The Bertz CT molecular complexity index is 1380. The number of fused-ring (bicyclic) bond motifs is 1. The van der Waals surface area contributed by atoms with Crippen molar-refractivity contribution in [2.75, 3.05) is 0 Å². The molecule has 0 heterocycles. The van der Waals surface area contributed by atoms with Crippen LogP contribution in [-0.2, 0) is 13.0 Å². The van der Waals surface area contributed by atoms with Crippen LogP contribution in [0, 0.1) is 32.1 Å². The van der Waals surface area contributed by atoms with Crippen molar-refractivity contribution in [3.05, 3.63) is 112 Å². The summed E-state index contributed by atoms with van der Waals surface area (Å²) in [7, 11) is 0. The molecule has 39 heavy (non-hydrogen) atoms. The van der Waals surface area contributed by atoms with Gasteiger partial charge in [0.2, 0.25) is 0 Å². The highest BCUT2D eigenvalue weighted by atomic mass is 16.5. The maximum absolute atomic E-state index is 10.8. The fraction of sp³-hybridized carbons (Fsp3) is 0.405. The van der Waals surface area contributed by atoms with Crippen molar-refractivity contribution in [3.8, 4) is 5.75 Å². The summed E-state index contributed by atoms with van der Waals surface area (Å²) in [6.07, 6.45) is 1.38. The Morgan fingerprint density at radius 3 is 1.87 bits per heavy atom. The summed E-state index contributed by atoms with van der Waals surface area (Å²) >= 11 is 0. The topological polar surface area (TPSA) is 29.5 Å². The second kappa shape index (κ2) is 13.3.